The highest BCUT2D eigenvalue weighted by Gasteiger charge is 2.26. The Morgan fingerprint density at radius 2 is 1.94 bits per heavy atom. The Balaban J connectivity index is 1.86. The Morgan fingerprint density at radius 3 is 2.61 bits per heavy atom. The molecule has 2 unspecified atom stereocenters. The molecule has 98 valence electrons. The Hall–Kier alpha value is -0.540. The number of halogens is 2. The van der Waals surface area contributed by atoms with Gasteiger partial charge in [-0.25, -0.2) is 0 Å². The lowest BCUT2D eigenvalue weighted by Gasteiger charge is -2.17. The number of amides is 1. The van der Waals surface area contributed by atoms with Gasteiger partial charge in [0.15, 0.2) is 0 Å². The van der Waals surface area contributed by atoms with E-state index in [0.717, 1.165) is 11.9 Å². The first-order chi connectivity index (χ1) is 8.70. The summed E-state index contributed by atoms with van der Waals surface area (Å²) in [6, 6.07) is 7.00. The van der Waals surface area contributed by atoms with Crippen molar-refractivity contribution in [2.45, 2.75) is 19.3 Å². The number of benzene rings is 1. The maximum absolute atomic E-state index is 11.9. The number of hydrogen-bond donors (Lipinski definition) is 1. The SMILES string of the molecule is O=C(NCC1CCCC1CBr)c1ccc(Cl)cc1. The molecular formula is C14H17BrClNO. The quantitative estimate of drug-likeness (QED) is 0.834. The van der Waals surface area contributed by atoms with Crippen LogP contribution in [0.5, 0.6) is 0 Å². The average molecular weight is 331 g/mol. The van der Waals surface area contributed by atoms with Crippen LogP contribution in [-0.2, 0) is 0 Å². The summed E-state index contributed by atoms with van der Waals surface area (Å²) in [5.41, 5.74) is 0.674. The fourth-order valence-corrected chi connectivity index (χ4v) is 3.49. The second-order valence-corrected chi connectivity index (χ2v) is 5.91. The molecule has 2 atom stereocenters. The molecule has 1 amide bonds. The fraction of sp³-hybridized carbons (Fsp3) is 0.500. The van der Waals surface area contributed by atoms with E-state index < -0.39 is 0 Å². The zero-order valence-corrected chi connectivity index (χ0v) is 12.5. The number of carbonyl (C=O) groups is 1. The third-order valence-corrected chi connectivity index (χ3v) is 4.73. The molecule has 1 aromatic rings. The summed E-state index contributed by atoms with van der Waals surface area (Å²) in [4.78, 5) is 11.9. The molecule has 0 saturated heterocycles. The summed E-state index contributed by atoms with van der Waals surface area (Å²) in [5.74, 6) is 1.31. The van der Waals surface area contributed by atoms with Crippen LogP contribution in [-0.4, -0.2) is 17.8 Å². The van der Waals surface area contributed by atoms with Gasteiger partial charge in [-0.1, -0.05) is 34.0 Å². The maximum Gasteiger partial charge on any atom is 0.251 e. The average Bonchev–Trinajstić information content (AvgIpc) is 2.84. The first-order valence-corrected chi connectivity index (χ1v) is 7.80. The summed E-state index contributed by atoms with van der Waals surface area (Å²) >= 11 is 9.35. The first kappa shape index (κ1) is 13.9. The number of carbonyl (C=O) groups excluding carboxylic acids is 1. The first-order valence-electron chi connectivity index (χ1n) is 6.30. The summed E-state index contributed by atoms with van der Waals surface area (Å²) < 4.78 is 0. The number of nitrogens with one attached hydrogen (secondary N) is 1. The van der Waals surface area contributed by atoms with Crippen LogP contribution in [0.4, 0.5) is 0 Å². The summed E-state index contributed by atoms with van der Waals surface area (Å²) in [6.45, 7) is 0.776. The second kappa shape index (κ2) is 6.58. The third kappa shape index (κ3) is 3.48. The minimum absolute atomic E-state index is 0.00751. The molecule has 2 nitrogen and oxygen atoms in total. The molecule has 1 aromatic carbocycles. The lowest BCUT2D eigenvalue weighted by molar-refractivity contribution is 0.0945. The van der Waals surface area contributed by atoms with E-state index in [9.17, 15) is 4.79 Å². The van der Waals surface area contributed by atoms with Gasteiger partial charge in [0, 0.05) is 22.5 Å². The predicted molar refractivity (Wildman–Crippen MR) is 78.4 cm³/mol. The van der Waals surface area contributed by atoms with E-state index in [1.54, 1.807) is 24.3 Å². The standard InChI is InChI=1S/C14H17BrClNO/c15-8-11-2-1-3-12(11)9-17-14(18)10-4-6-13(16)7-5-10/h4-7,11-12H,1-3,8-9H2,(H,17,18). The van der Waals surface area contributed by atoms with Gasteiger partial charge in [-0.2, -0.15) is 0 Å². The van der Waals surface area contributed by atoms with Crippen molar-refractivity contribution in [2.24, 2.45) is 11.8 Å². The molecule has 1 saturated carbocycles. The van der Waals surface area contributed by atoms with Crippen molar-refractivity contribution < 1.29 is 4.79 Å². The van der Waals surface area contributed by atoms with Crippen LogP contribution in [0.25, 0.3) is 0 Å². The van der Waals surface area contributed by atoms with Crippen molar-refractivity contribution in [3.8, 4) is 0 Å². The third-order valence-electron chi connectivity index (χ3n) is 3.65. The van der Waals surface area contributed by atoms with Gasteiger partial charge in [-0.05, 0) is 48.9 Å². The number of hydrogen-bond acceptors (Lipinski definition) is 1. The van der Waals surface area contributed by atoms with E-state index in [1.165, 1.54) is 19.3 Å². The van der Waals surface area contributed by atoms with Gasteiger partial charge in [0.2, 0.25) is 0 Å². The van der Waals surface area contributed by atoms with Crippen molar-refractivity contribution in [1.82, 2.24) is 5.32 Å². The van der Waals surface area contributed by atoms with Gasteiger partial charge in [0.25, 0.3) is 5.91 Å². The van der Waals surface area contributed by atoms with Crippen LogP contribution < -0.4 is 5.32 Å². The van der Waals surface area contributed by atoms with E-state index in [1.807, 2.05) is 0 Å². The minimum Gasteiger partial charge on any atom is -0.352 e. The molecule has 1 aliphatic carbocycles. The molecule has 2 rings (SSSR count). The molecular weight excluding hydrogens is 314 g/mol. The van der Waals surface area contributed by atoms with Crippen LogP contribution >= 0.6 is 27.5 Å². The molecule has 0 spiro atoms. The highest BCUT2D eigenvalue weighted by atomic mass is 79.9. The van der Waals surface area contributed by atoms with Crippen LogP contribution in [0, 0.1) is 11.8 Å². The normalized spacial score (nSPS) is 23.0. The summed E-state index contributed by atoms with van der Waals surface area (Å²) in [7, 11) is 0. The van der Waals surface area contributed by atoms with Gasteiger partial charge in [0.1, 0.15) is 0 Å². The van der Waals surface area contributed by atoms with E-state index in [0.29, 0.717) is 22.4 Å². The Labute approximate surface area is 121 Å². The van der Waals surface area contributed by atoms with Gasteiger partial charge < -0.3 is 5.32 Å². The van der Waals surface area contributed by atoms with Crippen molar-refractivity contribution in [2.75, 3.05) is 11.9 Å². The fourth-order valence-electron chi connectivity index (χ4n) is 2.51. The van der Waals surface area contributed by atoms with Crippen LogP contribution in [0.15, 0.2) is 24.3 Å². The van der Waals surface area contributed by atoms with Gasteiger partial charge in [0.05, 0.1) is 0 Å². The van der Waals surface area contributed by atoms with E-state index in [2.05, 4.69) is 21.2 Å². The molecule has 1 fully saturated rings. The van der Waals surface area contributed by atoms with Crippen LogP contribution in [0.1, 0.15) is 29.6 Å². The van der Waals surface area contributed by atoms with E-state index in [-0.39, 0.29) is 5.91 Å². The van der Waals surface area contributed by atoms with E-state index >= 15 is 0 Å². The van der Waals surface area contributed by atoms with Gasteiger partial charge in [-0.3, -0.25) is 4.79 Å². The minimum atomic E-state index is -0.00751. The Morgan fingerprint density at radius 1 is 1.28 bits per heavy atom. The van der Waals surface area contributed by atoms with Crippen LogP contribution in [0.2, 0.25) is 5.02 Å². The topological polar surface area (TPSA) is 29.1 Å². The zero-order valence-electron chi connectivity index (χ0n) is 10.2. The summed E-state index contributed by atoms with van der Waals surface area (Å²) in [6.07, 6.45) is 3.77. The molecule has 0 heterocycles. The smallest absolute Gasteiger partial charge is 0.251 e. The molecule has 0 aromatic heterocycles. The number of rotatable bonds is 4. The highest BCUT2D eigenvalue weighted by molar-refractivity contribution is 9.09. The Bertz CT molecular complexity index is 407. The molecule has 1 aliphatic rings. The van der Waals surface area contributed by atoms with Crippen LogP contribution in [0.3, 0.4) is 0 Å². The van der Waals surface area contributed by atoms with Crippen molar-refractivity contribution in [3.05, 3.63) is 34.9 Å². The van der Waals surface area contributed by atoms with Gasteiger partial charge in [-0.15, -0.1) is 0 Å². The predicted octanol–water partition coefficient (Wildman–Crippen LogP) is 3.88. The molecule has 1 N–H and O–H groups in total. The second-order valence-electron chi connectivity index (χ2n) is 4.82. The largest absolute Gasteiger partial charge is 0.352 e. The van der Waals surface area contributed by atoms with E-state index in [4.69, 9.17) is 11.6 Å². The molecule has 0 aliphatic heterocycles. The van der Waals surface area contributed by atoms with Crippen molar-refractivity contribution >= 4 is 33.4 Å². The van der Waals surface area contributed by atoms with Gasteiger partial charge >= 0.3 is 0 Å². The monoisotopic (exact) mass is 329 g/mol. The molecule has 4 heteroatoms. The molecule has 0 bridgehead atoms. The Kier molecular flexibility index (Phi) is 5.07. The van der Waals surface area contributed by atoms with Crippen molar-refractivity contribution in [3.63, 3.8) is 0 Å². The lowest BCUT2D eigenvalue weighted by atomic mass is 9.98. The van der Waals surface area contributed by atoms with Crippen molar-refractivity contribution in [1.29, 1.82) is 0 Å². The summed E-state index contributed by atoms with van der Waals surface area (Å²) in [5, 5.41) is 4.71. The lowest BCUT2D eigenvalue weighted by Crippen LogP contribution is -2.31. The number of alkyl halides is 1. The molecule has 18 heavy (non-hydrogen) atoms. The maximum atomic E-state index is 11.9. The highest BCUT2D eigenvalue weighted by Crippen LogP contribution is 2.32. The zero-order chi connectivity index (χ0) is 13.0. The molecule has 0 radical (unpaired) electrons.